The maximum atomic E-state index is 5.64. The smallest absolute Gasteiger partial charge is 0.122 e. The molecule has 0 aromatic heterocycles. The lowest BCUT2D eigenvalue weighted by Gasteiger charge is -2.19. The lowest BCUT2D eigenvalue weighted by molar-refractivity contribution is 0.106. The van der Waals surface area contributed by atoms with Crippen molar-refractivity contribution in [2.45, 2.75) is 31.9 Å². The molecule has 0 aliphatic rings. The Labute approximate surface area is 115 Å². The Morgan fingerprint density at radius 3 is 2.05 bits per heavy atom. The number of rotatable bonds is 8. The van der Waals surface area contributed by atoms with Crippen LogP contribution in [-0.4, -0.2) is 27.4 Å². The summed E-state index contributed by atoms with van der Waals surface area (Å²) in [4.78, 5) is 0. The number of ether oxygens (including phenoxy) is 3. The maximum Gasteiger partial charge on any atom is 0.122 e. The topological polar surface area (TPSA) is 65.7 Å². The van der Waals surface area contributed by atoms with E-state index < -0.39 is 0 Å². The molecule has 2 atom stereocenters. The predicted molar refractivity (Wildman–Crippen MR) is 75.3 cm³/mol. The van der Waals surface area contributed by atoms with Crippen LogP contribution in [0, 0.1) is 0 Å². The van der Waals surface area contributed by atoms with E-state index in [0.29, 0.717) is 0 Å². The van der Waals surface area contributed by atoms with E-state index in [-0.39, 0.29) is 12.1 Å². The summed E-state index contributed by atoms with van der Waals surface area (Å²) in [5.74, 6) is 7.16. The molecule has 0 saturated heterocycles. The van der Waals surface area contributed by atoms with Crippen LogP contribution in [0.15, 0.2) is 18.2 Å². The molecule has 0 aliphatic heterocycles. The molecular formula is C14H24N2O3. The van der Waals surface area contributed by atoms with Crippen LogP contribution >= 0.6 is 0 Å². The van der Waals surface area contributed by atoms with Gasteiger partial charge in [0.05, 0.1) is 20.3 Å². The van der Waals surface area contributed by atoms with E-state index >= 15 is 0 Å². The molecule has 0 aliphatic carbocycles. The van der Waals surface area contributed by atoms with Crippen molar-refractivity contribution in [1.29, 1.82) is 0 Å². The van der Waals surface area contributed by atoms with Crippen molar-refractivity contribution in [3.8, 4) is 11.5 Å². The second-order valence-corrected chi connectivity index (χ2v) is 4.49. The number of nitrogens with one attached hydrogen (secondary N) is 1. The van der Waals surface area contributed by atoms with Gasteiger partial charge in [0.2, 0.25) is 0 Å². The Balaban J connectivity index is 2.84. The van der Waals surface area contributed by atoms with Crippen LogP contribution in [0.5, 0.6) is 11.5 Å². The minimum absolute atomic E-state index is 0.0431. The van der Waals surface area contributed by atoms with Gasteiger partial charge in [-0.3, -0.25) is 11.3 Å². The summed E-state index contributed by atoms with van der Waals surface area (Å²) >= 11 is 0. The molecule has 0 heterocycles. The predicted octanol–water partition coefficient (Wildman–Crippen LogP) is 2.02. The highest BCUT2D eigenvalue weighted by Gasteiger charge is 2.14. The van der Waals surface area contributed by atoms with Crippen molar-refractivity contribution < 1.29 is 14.2 Å². The minimum atomic E-state index is 0.0431. The molecule has 0 amide bonds. The normalized spacial score (nSPS) is 13.9. The summed E-state index contributed by atoms with van der Waals surface area (Å²) < 4.78 is 15.8. The van der Waals surface area contributed by atoms with Gasteiger partial charge in [-0.2, -0.15) is 0 Å². The van der Waals surface area contributed by atoms with Crippen LogP contribution in [0.4, 0.5) is 0 Å². The molecule has 0 radical (unpaired) electrons. The molecular weight excluding hydrogens is 244 g/mol. The van der Waals surface area contributed by atoms with Gasteiger partial charge in [-0.15, -0.1) is 0 Å². The highest BCUT2D eigenvalue weighted by Crippen LogP contribution is 2.28. The van der Waals surface area contributed by atoms with E-state index in [0.717, 1.165) is 29.9 Å². The molecule has 5 nitrogen and oxygen atoms in total. The summed E-state index contributed by atoms with van der Waals surface area (Å²) in [6.07, 6.45) is 2.01. The van der Waals surface area contributed by atoms with E-state index in [4.69, 9.17) is 20.1 Å². The van der Waals surface area contributed by atoms with Crippen molar-refractivity contribution in [2.75, 3.05) is 21.3 Å². The van der Waals surface area contributed by atoms with Crippen molar-refractivity contribution in [3.05, 3.63) is 23.8 Å². The molecule has 1 aromatic carbocycles. The van der Waals surface area contributed by atoms with Crippen LogP contribution in [-0.2, 0) is 4.74 Å². The highest BCUT2D eigenvalue weighted by atomic mass is 16.5. The van der Waals surface area contributed by atoms with Gasteiger partial charge in [-0.25, -0.2) is 0 Å². The third kappa shape index (κ3) is 4.70. The number of hydrogen-bond donors (Lipinski definition) is 2. The molecule has 5 heteroatoms. The van der Waals surface area contributed by atoms with E-state index in [1.165, 1.54) is 0 Å². The van der Waals surface area contributed by atoms with E-state index in [9.17, 15) is 0 Å². The van der Waals surface area contributed by atoms with E-state index in [1.54, 1.807) is 21.3 Å². The van der Waals surface area contributed by atoms with Crippen LogP contribution in [0.25, 0.3) is 0 Å². The van der Waals surface area contributed by atoms with Gasteiger partial charge < -0.3 is 14.2 Å². The van der Waals surface area contributed by atoms with Crippen molar-refractivity contribution in [2.24, 2.45) is 5.84 Å². The number of hydrazine groups is 1. The Morgan fingerprint density at radius 1 is 1.05 bits per heavy atom. The summed E-state index contributed by atoms with van der Waals surface area (Å²) in [7, 11) is 4.98. The number of hydrogen-bond acceptors (Lipinski definition) is 5. The Kier molecular flexibility index (Phi) is 6.62. The lowest BCUT2D eigenvalue weighted by atomic mass is 10.0. The summed E-state index contributed by atoms with van der Waals surface area (Å²) in [6.45, 7) is 2.04. The second-order valence-electron chi connectivity index (χ2n) is 4.49. The van der Waals surface area contributed by atoms with Crippen LogP contribution in [0.1, 0.15) is 31.4 Å². The van der Waals surface area contributed by atoms with Crippen molar-refractivity contribution in [3.63, 3.8) is 0 Å². The first kappa shape index (κ1) is 15.8. The van der Waals surface area contributed by atoms with Crippen molar-refractivity contribution in [1.82, 2.24) is 5.43 Å². The molecule has 108 valence electrons. The Hall–Kier alpha value is -1.30. The van der Waals surface area contributed by atoms with Gasteiger partial charge in [-0.05, 0) is 37.5 Å². The minimum Gasteiger partial charge on any atom is -0.497 e. The summed E-state index contributed by atoms with van der Waals surface area (Å²) in [5, 5.41) is 0. The quantitative estimate of drug-likeness (QED) is 0.558. The average molecular weight is 268 g/mol. The summed E-state index contributed by atoms with van der Waals surface area (Å²) in [5.41, 5.74) is 3.88. The third-order valence-corrected chi connectivity index (χ3v) is 3.24. The number of nitrogens with two attached hydrogens (primary N) is 1. The molecule has 1 aromatic rings. The van der Waals surface area contributed by atoms with Gasteiger partial charge in [-0.1, -0.05) is 0 Å². The van der Waals surface area contributed by atoms with Gasteiger partial charge in [0.25, 0.3) is 0 Å². The molecule has 3 N–H and O–H groups in total. The Morgan fingerprint density at radius 2 is 1.63 bits per heavy atom. The molecule has 0 bridgehead atoms. The first-order valence-electron chi connectivity index (χ1n) is 6.36. The zero-order chi connectivity index (χ0) is 14.3. The van der Waals surface area contributed by atoms with Crippen LogP contribution in [0.3, 0.4) is 0 Å². The first-order chi connectivity index (χ1) is 9.14. The van der Waals surface area contributed by atoms with Crippen molar-refractivity contribution >= 4 is 0 Å². The molecule has 0 spiro atoms. The Bertz CT molecular complexity index is 363. The average Bonchev–Trinajstić information content (AvgIpc) is 2.46. The van der Waals surface area contributed by atoms with E-state index in [1.807, 2.05) is 25.1 Å². The van der Waals surface area contributed by atoms with Gasteiger partial charge in [0.15, 0.2) is 0 Å². The SMILES string of the molecule is COc1cc(OC)cc(C(CCC(C)OC)NN)c1. The largest absolute Gasteiger partial charge is 0.497 e. The van der Waals surface area contributed by atoms with Gasteiger partial charge in [0, 0.05) is 19.2 Å². The standard InChI is InChI=1S/C14H24N2O3/c1-10(17-2)5-6-14(16-15)11-7-12(18-3)9-13(8-11)19-4/h7-10,14,16H,5-6,15H2,1-4H3. The number of methoxy groups -OCH3 is 3. The fraction of sp³-hybridized carbons (Fsp3) is 0.571. The zero-order valence-corrected chi connectivity index (χ0v) is 12.1. The fourth-order valence-electron chi connectivity index (χ4n) is 1.90. The zero-order valence-electron chi connectivity index (χ0n) is 12.1. The van der Waals surface area contributed by atoms with Crippen LogP contribution in [0.2, 0.25) is 0 Å². The van der Waals surface area contributed by atoms with Crippen LogP contribution < -0.4 is 20.7 Å². The first-order valence-corrected chi connectivity index (χ1v) is 6.36. The third-order valence-electron chi connectivity index (χ3n) is 3.24. The van der Waals surface area contributed by atoms with E-state index in [2.05, 4.69) is 5.43 Å². The number of benzene rings is 1. The maximum absolute atomic E-state index is 5.64. The molecule has 1 rings (SSSR count). The monoisotopic (exact) mass is 268 g/mol. The molecule has 2 unspecified atom stereocenters. The molecule has 0 saturated carbocycles. The summed E-state index contributed by atoms with van der Waals surface area (Å²) in [6, 6.07) is 5.81. The van der Waals surface area contributed by atoms with Gasteiger partial charge in [0.1, 0.15) is 11.5 Å². The fourth-order valence-corrected chi connectivity index (χ4v) is 1.90. The van der Waals surface area contributed by atoms with Gasteiger partial charge >= 0.3 is 0 Å². The lowest BCUT2D eigenvalue weighted by Crippen LogP contribution is -2.28. The molecule has 0 fully saturated rings. The second kappa shape index (κ2) is 7.99. The highest BCUT2D eigenvalue weighted by molar-refractivity contribution is 5.39. The molecule has 19 heavy (non-hydrogen) atoms.